The molecule has 0 amide bonds. The summed E-state index contributed by atoms with van der Waals surface area (Å²) in [5.41, 5.74) is 0. The van der Waals surface area contributed by atoms with Crippen molar-refractivity contribution < 1.29 is 28.6 Å². The fraction of sp³-hybridized carbons (Fsp3) is 0.806. The van der Waals surface area contributed by atoms with E-state index in [0.29, 0.717) is 19.3 Å². The predicted molar refractivity (Wildman–Crippen MR) is 316 cm³/mol. The molecule has 0 spiro atoms. The summed E-state index contributed by atoms with van der Waals surface area (Å²) in [5, 5.41) is 0. The van der Waals surface area contributed by atoms with Crippen molar-refractivity contribution in [3.8, 4) is 0 Å². The van der Waals surface area contributed by atoms with Crippen LogP contribution in [0, 0.1) is 0 Å². The van der Waals surface area contributed by atoms with E-state index in [-0.39, 0.29) is 31.1 Å². The molecule has 0 bridgehead atoms. The molecule has 0 aliphatic rings. The number of esters is 3. The largest absolute Gasteiger partial charge is 0.462 e. The molecular formula is C67H120O6. The van der Waals surface area contributed by atoms with Gasteiger partial charge in [0.25, 0.3) is 0 Å². The maximum atomic E-state index is 12.9. The van der Waals surface area contributed by atoms with Gasteiger partial charge in [-0.05, 0) is 103 Å². The molecule has 0 aliphatic carbocycles. The average Bonchev–Trinajstić information content (AvgIpc) is 3.39. The first-order valence-electron chi connectivity index (χ1n) is 31.8. The van der Waals surface area contributed by atoms with Crippen LogP contribution in [0.25, 0.3) is 0 Å². The fourth-order valence-electron chi connectivity index (χ4n) is 9.21. The summed E-state index contributed by atoms with van der Waals surface area (Å²) in [4.78, 5) is 38.3. The van der Waals surface area contributed by atoms with Crippen LogP contribution in [0.15, 0.2) is 60.8 Å². The third-order valence-electron chi connectivity index (χ3n) is 14.0. The first-order valence-corrected chi connectivity index (χ1v) is 31.8. The molecule has 6 nitrogen and oxygen atoms in total. The summed E-state index contributed by atoms with van der Waals surface area (Å²) in [7, 11) is 0. The Bertz CT molecular complexity index is 1310. The molecule has 0 fully saturated rings. The minimum absolute atomic E-state index is 0.0780. The van der Waals surface area contributed by atoms with E-state index in [4.69, 9.17) is 14.2 Å². The van der Waals surface area contributed by atoms with E-state index >= 15 is 0 Å². The van der Waals surface area contributed by atoms with Gasteiger partial charge < -0.3 is 14.2 Å². The van der Waals surface area contributed by atoms with Crippen molar-refractivity contribution in [2.24, 2.45) is 0 Å². The molecule has 1 unspecified atom stereocenters. The van der Waals surface area contributed by atoms with Gasteiger partial charge in [-0.2, -0.15) is 0 Å². The van der Waals surface area contributed by atoms with Gasteiger partial charge in [-0.1, -0.05) is 268 Å². The Morgan fingerprint density at radius 2 is 0.534 bits per heavy atom. The van der Waals surface area contributed by atoms with Crippen molar-refractivity contribution >= 4 is 17.9 Å². The molecule has 0 heterocycles. The van der Waals surface area contributed by atoms with Gasteiger partial charge in [0.2, 0.25) is 0 Å². The van der Waals surface area contributed by atoms with E-state index in [9.17, 15) is 14.4 Å². The molecule has 0 aliphatic heterocycles. The second kappa shape index (κ2) is 61.7. The monoisotopic (exact) mass is 1020 g/mol. The van der Waals surface area contributed by atoms with Gasteiger partial charge in [0.1, 0.15) is 13.2 Å². The Balaban J connectivity index is 4.37. The van der Waals surface area contributed by atoms with Gasteiger partial charge in [-0.25, -0.2) is 0 Å². The number of rotatable bonds is 58. The van der Waals surface area contributed by atoms with Crippen molar-refractivity contribution in [3.63, 3.8) is 0 Å². The number of hydrogen-bond acceptors (Lipinski definition) is 6. The predicted octanol–water partition coefficient (Wildman–Crippen LogP) is 21.6. The normalized spacial score (nSPS) is 12.4. The average molecular weight is 1020 g/mol. The molecule has 0 aromatic carbocycles. The molecule has 0 saturated heterocycles. The molecule has 1 atom stereocenters. The lowest BCUT2D eigenvalue weighted by molar-refractivity contribution is -0.167. The van der Waals surface area contributed by atoms with E-state index in [0.717, 1.165) is 77.0 Å². The van der Waals surface area contributed by atoms with Crippen molar-refractivity contribution in [2.45, 2.75) is 335 Å². The SMILES string of the molecule is CC/C=C\C/C=C\C/C=C\CCCCCCCCCCCC(=O)OCC(COC(=O)CCCCCCCCC/C=C\CCCCCCCC)OC(=O)CCCCCCCCC/C=C\CCCCCCCCCC. The first kappa shape index (κ1) is 70.1. The number of unbranched alkanes of at least 4 members (excludes halogenated alkanes) is 37. The smallest absolute Gasteiger partial charge is 0.306 e. The number of carbonyl (C=O) groups is 3. The lowest BCUT2D eigenvalue weighted by atomic mass is 10.1. The Morgan fingerprint density at radius 3 is 0.849 bits per heavy atom. The van der Waals surface area contributed by atoms with Crippen molar-refractivity contribution in [3.05, 3.63) is 60.8 Å². The molecule has 0 radical (unpaired) electrons. The summed E-state index contributed by atoms with van der Waals surface area (Å²) < 4.78 is 16.9. The quantitative estimate of drug-likeness (QED) is 0.0261. The van der Waals surface area contributed by atoms with Crippen LogP contribution in [-0.4, -0.2) is 37.2 Å². The molecule has 6 heteroatoms. The van der Waals surface area contributed by atoms with Crippen LogP contribution in [0.1, 0.15) is 329 Å². The summed E-state index contributed by atoms with van der Waals surface area (Å²) >= 11 is 0. The van der Waals surface area contributed by atoms with Crippen LogP contribution < -0.4 is 0 Å². The van der Waals surface area contributed by atoms with Crippen LogP contribution in [0.4, 0.5) is 0 Å². The molecular weight excluding hydrogens is 901 g/mol. The van der Waals surface area contributed by atoms with Crippen LogP contribution >= 0.6 is 0 Å². The third-order valence-corrected chi connectivity index (χ3v) is 14.0. The molecule has 73 heavy (non-hydrogen) atoms. The van der Waals surface area contributed by atoms with Crippen molar-refractivity contribution in [1.82, 2.24) is 0 Å². The fourth-order valence-corrected chi connectivity index (χ4v) is 9.21. The zero-order chi connectivity index (χ0) is 52.9. The highest BCUT2D eigenvalue weighted by Gasteiger charge is 2.19. The number of allylic oxidation sites excluding steroid dienone is 10. The van der Waals surface area contributed by atoms with Crippen LogP contribution in [0.2, 0.25) is 0 Å². The maximum absolute atomic E-state index is 12.9. The van der Waals surface area contributed by atoms with Gasteiger partial charge >= 0.3 is 17.9 Å². The zero-order valence-corrected chi connectivity index (χ0v) is 48.7. The Hall–Kier alpha value is -2.89. The van der Waals surface area contributed by atoms with Crippen LogP contribution in [0.3, 0.4) is 0 Å². The number of hydrogen-bond donors (Lipinski definition) is 0. The summed E-state index contributed by atoms with van der Waals surface area (Å²) in [5.74, 6) is -0.875. The van der Waals surface area contributed by atoms with E-state index in [1.807, 2.05) is 0 Å². The first-order chi connectivity index (χ1) is 36.0. The van der Waals surface area contributed by atoms with Gasteiger partial charge in [0.05, 0.1) is 0 Å². The molecule has 0 N–H and O–H groups in total. The molecule has 424 valence electrons. The van der Waals surface area contributed by atoms with E-state index in [1.54, 1.807) is 0 Å². The summed E-state index contributed by atoms with van der Waals surface area (Å²) in [6.45, 7) is 6.56. The Morgan fingerprint density at radius 1 is 0.288 bits per heavy atom. The Kier molecular flexibility index (Phi) is 59.2. The van der Waals surface area contributed by atoms with Gasteiger partial charge in [0, 0.05) is 19.3 Å². The highest BCUT2D eigenvalue weighted by Crippen LogP contribution is 2.16. The number of ether oxygens (including phenoxy) is 3. The molecule has 0 rings (SSSR count). The van der Waals surface area contributed by atoms with E-state index < -0.39 is 6.10 Å². The second-order valence-corrected chi connectivity index (χ2v) is 21.3. The molecule has 0 saturated carbocycles. The number of carbonyl (C=O) groups excluding carboxylic acids is 3. The third kappa shape index (κ3) is 59.9. The van der Waals surface area contributed by atoms with Crippen molar-refractivity contribution in [1.29, 1.82) is 0 Å². The highest BCUT2D eigenvalue weighted by molar-refractivity contribution is 5.71. The Labute approximate surface area is 453 Å². The molecule has 0 aromatic rings. The van der Waals surface area contributed by atoms with Crippen LogP contribution in [-0.2, 0) is 28.6 Å². The lowest BCUT2D eigenvalue weighted by Gasteiger charge is -2.18. The van der Waals surface area contributed by atoms with E-state index in [2.05, 4.69) is 81.5 Å². The minimum Gasteiger partial charge on any atom is -0.462 e. The van der Waals surface area contributed by atoms with E-state index in [1.165, 1.54) is 212 Å². The lowest BCUT2D eigenvalue weighted by Crippen LogP contribution is -2.30. The van der Waals surface area contributed by atoms with Gasteiger partial charge in [0.15, 0.2) is 6.10 Å². The standard InChI is InChI=1S/C67H120O6/c1-4-7-10-13-16-19-22-25-28-31-33-36-39-42-45-48-51-54-57-60-66(69)72-63-64(62-71-65(68)59-56-53-50-47-44-41-38-35-30-27-24-21-18-15-12-9-6-3)73-67(70)61-58-55-52-49-46-43-40-37-34-32-29-26-23-20-17-14-11-8-5-2/h7,10,16,19,25,27-28,30,32,34,64H,4-6,8-9,11-15,17-18,20-24,26,29,31,33,35-63H2,1-3H3/b10-7-,19-16-,28-25-,30-27-,34-32-. The minimum atomic E-state index is -0.781. The zero-order valence-electron chi connectivity index (χ0n) is 48.7. The maximum Gasteiger partial charge on any atom is 0.306 e. The highest BCUT2D eigenvalue weighted by atomic mass is 16.6. The van der Waals surface area contributed by atoms with Gasteiger partial charge in [-0.15, -0.1) is 0 Å². The summed E-state index contributed by atoms with van der Waals surface area (Å²) in [6, 6.07) is 0. The topological polar surface area (TPSA) is 78.9 Å². The van der Waals surface area contributed by atoms with Gasteiger partial charge in [-0.3, -0.25) is 14.4 Å². The molecule has 0 aromatic heterocycles. The van der Waals surface area contributed by atoms with Crippen molar-refractivity contribution in [2.75, 3.05) is 13.2 Å². The summed E-state index contributed by atoms with van der Waals surface area (Å²) in [6.07, 6.45) is 77.9. The van der Waals surface area contributed by atoms with Crippen LogP contribution in [0.5, 0.6) is 0 Å². The second-order valence-electron chi connectivity index (χ2n) is 21.3.